The molecule has 3 N–H and O–H groups in total. The van der Waals surface area contributed by atoms with Gasteiger partial charge in [0.15, 0.2) is 0 Å². The van der Waals surface area contributed by atoms with Gasteiger partial charge in [-0.25, -0.2) is 17.5 Å². The molecule has 1 aliphatic rings. The van der Waals surface area contributed by atoms with Crippen LogP contribution >= 0.6 is 0 Å². The molecule has 94 valence electrons. The van der Waals surface area contributed by atoms with E-state index in [0.717, 1.165) is 25.3 Å². The number of hydrogen-bond acceptors (Lipinski definition) is 3. The highest BCUT2D eigenvalue weighted by Crippen LogP contribution is 2.32. The Labute approximate surface area is 100 Å². The average molecular weight is 258 g/mol. The summed E-state index contributed by atoms with van der Waals surface area (Å²) in [6.07, 6.45) is 2.63. The van der Waals surface area contributed by atoms with Crippen molar-refractivity contribution in [2.75, 3.05) is 5.73 Å². The lowest BCUT2D eigenvalue weighted by atomic mass is 9.80. The second-order valence-electron chi connectivity index (χ2n) is 4.70. The summed E-state index contributed by atoms with van der Waals surface area (Å²) in [6, 6.07) is 3.51. The molecule has 0 radical (unpaired) electrons. The highest BCUT2D eigenvalue weighted by atomic mass is 32.2. The van der Waals surface area contributed by atoms with Gasteiger partial charge in [-0.3, -0.25) is 0 Å². The van der Waals surface area contributed by atoms with Crippen molar-refractivity contribution >= 4 is 15.7 Å². The maximum atomic E-state index is 13.2. The SMILES string of the molecule is CC1(NS(=O)(=O)c2ccc(N)c(F)c2)CCC1. The van der Waals surface area contributed by atoms with E-state index in [9.17, 15) is 12.8 Å². The Kier molecular flexibility index (Phi) is 2.87. The Bertz CT molecular complexity index is 538. The van der Waals surface area contributed by atoms with Gasteiger partial charge in [0.1, 0.15) is 5.82 Å². The summed E-state index contributed by atoms with van der Waals surface area (Å²) in [5.41, 5.74) is 4.86. The van der Waals surface area contributed by atoms with Gasteiger partial charge in [-0.2, -0.15) is 0 Å². The van der Waals surface area contributed by atoms with Crippen LogP contribution in [0.5, 0.6) is 0 Å². The fourth-order valence-electron chi connectivity index (χ4n) is 1.87. The molecule has 6 heteroatoms. The predicted octanol–water partition coefficient (Wildman–Crippen LogP) is 1.63. The molecule has 0 bridgehead atoms. The summed E-state index contributed by atoms with van der Waals surface area (Å²) in [7, 11) is -3.66. The topological polar surface area (TPSA) is 72.2 Å². The Morgan fingerprint density at radius 1 is 1.41 bits per heavy atom. The van der Waals surface area contributed by atoms with E-state index in [1.165, 1.54) is 12.1 Å². The van der Waals surface area contributed by atoms with Crippen LogP contribution in [0.1, 0.15) is 26.2 Å². The van der Waals surface area contributed by atoms with Gasteiger partial charge in [-0.05, 0) is 44.4 Å². The molecule has 0 aliphatic heterocycles. The largest absolute Gasteiger partial charge is 0.396 e. The van der Waals surface area contributed by atoms with Crippen molar-refractivity contribution < 1.29 is 12.8 Å². The van der Waals surface area contributed by atoms with E-state index in [-0.39, 0.29) is 10.6 Å². The number of nitrogens with one attached hydrogen (secondary N) is 1. The lowest BCUT2D eigenvalue weighted by molar-refractivity contribution is 0.248. The number of nitrogens with two attached hydrogens (primary N) is 1. The van der Waals surface area contributed by atoms with Crippen LogP contribution in [0.25, 0.3) is 0 Å². The van der Waals surface area contributed by atoms with Crippen LogP contribution in [0.4, 0.5) is 10.1 Å². The summed E-state index contributed by atoms with van der Waals surface area (Å²) in [4.78, 5) is -0.0858. The zero-order valence-corrected chi connectivity index (χ0v) is 10.3. The minimum Gasteiger partial charge on any atom is -0.396 e. The van der Waals surface area contributed by atoms with Crippen LogP contribution in [0.2, 0.25) is 0 Å². The number of nitrogen functional groups attached to an aromatic ring is 1. The summed E-state index contributed by atoms with van der Waals surface area (Å²) < 4.78 is 39.8. The molecule has 0 heterocycles. The van der Waals surface area contributed by atoms with E-state index in [4.69, 9.17) is 5.73 Å². The Balaban J connectivity index is 2.28. The standard InChI is InChI=1S/C11H15FN2O2S/c1-11(5-2-6-11)14-17(15,16)8-3-4-10(13)9(12)7-8/h3-4,7,14H,2,5-6,13H2,1H3. The van der Waals surface area contributed by atoms with Gasteiger partial charge in [-0.1, -0.05) is 0 Å². The van der Waals surface area contributed by atoms with Crippen LogP contribution in [0.3, 0.4) is 0 Å². The Morgan fingerprint density at radius 3 is 2.53 bits per heavy atom. The van der Waals surface area contributed by atoms with Gasteiger partial charge < -0.3 is 5.73 Å². The minimum absolute atomic E-state index is 0.0567. The van der Waals surface area contributed by atoms with Crippen LogP contribution in [0, 0.1) is 5.82 Å². The van der Waals surface area contributed by atoms with Crippen molar-refractivity contribution in [3.8, 4) is 0 Å². The normalized spacial score (nSPS) is 18.7. The third-order valence-electron chi connectivity index (χ3n) is 3.12. The number of benzene rings is 1. The molecule has 1 aromatic carbocycles. The maximum Gasteiger partial charge on any atom is 0.241 e. The van der Waals surface area contributed by atoms with Gasteiger partial charge >= 0.3 is 0 Å². The molecule has 1 aromatic rings. The first-order chi connectivity index (χ1) is 7.82. The highest BCUT2D eigenvalue weighted by Gasteiger charge is 2.36. The van der Waals surface area contributed by atoms with Crippen molar-refractivity contribution in [3.05, 3.63) is 24.0 Å². The monoisotopic (exact) mass is 258 g/mol. The zero-order chi connectivity index (χ0) is 12.7. The number of rotatable bonds is 3. The second-order valence-corrected chi connectivity index (χ2v) is 6.39. The summed E-state index contributed by atoms with van der Waals surface area (Å²) in [5, 5.41) is 0. The van der Waals surface area contributed by atoms with Crippen LogP contribution < -0.4 is 10.5 Å². The third-order valence-corrected chi connectivity index (χ3v) is 4.76. The first-order valence-corrected chi connectivity index (χ1v) is 6.90. The molecule has 2 rings (SSSR count). The fraction of sp³-hybridized carbons (Fsp3) is 0.455. The van der Waals surface area contributed by atoms with Crippen LogP contribution in [-0.2, 0) is 10.0 Å². The Hall–Kier alpha value is -1.14. The van der Waals surface area contributed by atoms with Gasteiger partial charge in [-0.15, -0.1) is 0 Å². The van der Waals surface area contributed by atoms with Crippen molar-refractivity contribution in [3.63, 3.8) is 0 Å². The molecule has 0 amide bonds. The average Bonchev–Trinajstić information content (AvgIpc) is 2.19. The molecule has 1 saturated carbocycles. The van der Waals surface area contributed by atoms with Gasteiger partial charge in [0.2, 0.25) is 10.0 Å². The first kappa shape index (κ1) is 12.3. The molecule has 0 atom stereocenters. The molecule has 0 spiro atoms. The zero-order valence-electron chi connectivity index (χ0n) is 9.53. The smallest absolute Gasteiger partial charge is 0.241 e. The fourth-order valence-corrected chi connectivity index (χ4v) is 3.34. The summed E-state index contributed by atoms with van der Waals surface area (Å²) >= 11 is 0. The van der Waals surface area contributed by atoms with Crippen molar-refractivity contribution in [2.45, 2.75) is 36.6 Å². The lowest BCUT2D eigenvalue weighted by Gasteiger charge is -2.38. The second kappa shape index (κ2) is 3.96. The van der Waals surface area contributed by atoms with E-state index < -0.39 is 21.4 Å². The molecule has 1 fully saturated rings. The van der Waals surface area contributed by atoms with Crippen LogP contribution in [0.15, 0.2) is 23.1 Å². The van der Waals surface area contributed by atoms with Crippen molar-refractivity contribution in [1.29, 1.82) is 0 Å². The number of hydrogen-bond donors (Lipinski definition) is 2. The van der Waals surface area contributed by atoms with E-state index in [0.29, 0.717) is 0 Å². The van der Waals surface area contributed by atoms with Crippen molar-refractivity contribution in [1.82, 2.24) is 4.72 Å². The van der Waals surface area contributed by atoms with E-state index >= 15 is 0 Å². The molecular formula is C11H15FN2O2S. The van der Waals surface area contributed by atoms with Crippen molar-refractivity contribution in [2.24, 2.45) is 0 Å². The maximum absolute atomic E-state index is 13.2. The van der Waals surface area contributed by atoms with Gasteiger partial charge in [0, 0.05) is 5.54 Å². The number of sulfonamides is 1. The Morgan fingerprint density at radius 2 is 2.06 bits per heavy atom. The number of anilines is 1. The highest BCUT2D eigenvalue weighted by molar-refractivity contribution is 7.89. The quantitative estimate of drug-likeness (QED) is 0.809. The van der Waals surface area contributed by atoms with Crippen LogP contribution in [-0.4, -0.2) is 14.0 Å². The minimum atomic E-state index is -3.66. The van der Waals surface area contributed by atoms with Gasteiger partial charge in [0.25, 0.3) is 0 Å². The first-order valence-electron chi connectivity index (χ1n) is 5.41. The molecule has 0 aromatic heterocycles. The predicted molar refractivity (Wildman–Crippen MR) is 63.4 cm³/mol. The third kappa shape index (κ3) is 2.42. The molecule has 0 saturated heterocycles. The molecule has 4 nitrogen and oxygen atoms in total. The number of halogens is 1. The molecule has 0 unspecified atom stereocenters. The summed E-state index contributed by atoms with van der Waals surface area (Å²) in [5.74, 6) is -0.716. The van der Waals surface area contributed by atoms with Gasteiger partial charge in [0.05, 0.1) is 10.6 Å². The lowest BCUT2D eigenvalue weighted by Crippen LogP contribution is -2.50. The van der Waals surface area contributed by atoms with E-state index in [2.05, 4.69) is 4.72 Å². The molecule has 17 heavy (non-hydrogen) atoms. The molecular weight excluding hydrogens is 243 g/mol. The van der Waals surface area contributed by atoms with E-state index in [1.807, 2.05) is 6.92 Å². The molecule has 1 aliphatic carbocycles. The van der Waals surface area contributed by atoms with E-state index in [1.54, 1.807) is 0 Å². The summed E-state index contributed by atoms with van der Waals surface area (Å²) in [6.45, 7) is 1.85.